The van der Waals surface area contributed by atoms with Crippen molar-refractivity contribution in [2.75, 3.05) is 7.11 Å². The van der Waals surface area contributed by atoms with Crippen LogP contribution in [0, 0.1) is 0 Å². The second kappa shape index (κ2) is 5.36. The van der Waals surface area contributed by atoms with Gasteiger partial charge in [0, 0.05) is 12.0 Å². The molecule has 0 amide bonds. The van der Waals surface area contributed by atoms with Crippen molar-refractivity contribution in [3.8, 4) is 5.75 Å². The van der Waals surface area contributed by atoms with E-state index in [1.54, 1.807) is 24.3 Å². The van der Waals surface area contributed by atoms with Gasteiger partial charge in [0.25, 0.3) is 0 Å². The fourth-order valence-corrected chi connectivity index (χ4v) is 1.36. The summed E-state index contributed by atoms with van der Waals surface area (Å²) in [7, 11) is 1.52. The summed E-state index contributed by atoms with van der Waals surface area (Å²) in [5, 5.41) is 18.2. The number of ether oxygens (including phenoxy) is 1. The second-order valence-corrected chi connectivity index (χ2v) is 3.19. The molecule has 0 radical (unpaired) electrons. The average Bonchev–Trinajstić information content (AvgIpc) is 2.25. The van der Waals surface area contributed by atoms with E-state index in [0.717, 1.165) is 0 Å². The molecule has 0 saturated carbocycles. The molecule has 0 bridgehead atoms. The molecule has 0 saturated heterocycles. The van der Waals surface area contributed by atoms with E-state index in [-0.39, 0.29) is 12.8 Å². The van der Waals surface area contributed by atoms with Crippen molar-refractivity contribution in [1.29, 1.82) is 0 Å². The number of carboxylic acid groups (broad SMARTS) is 1. The first-order chi connectivity index (χ1) is 7.15. The van der Waals surface area contributed by atoms with Gasteiger partial charge in [-0.25, -0.2) is 0 Å². The zero-order chi connectivity index (χ0) is 11.3. The second-order valence-electron chi connectivity index (χ2n) is 3.19. The molecule has 1 aromatic carbocycles. The zero-order valence-corrected chi connectivity index (χ0v) is 8.51. The Morgan fingerprint density at radius 3 is 2.73 bits per heavy atom. The first-order valence-electron chi connectivity index (χ1n) is 4.68. The Hall–Kier alpha value is -1.55. The van der Waals surface area contributed by atoms with Crippen LogP contribution in [0.2, 0.25) is 0 Å². The number of carboxylic acids is 1. The minimum absolute atomic E-state index is 0.0563. The number of rotatable bonds is 5. The Kier molecular flexibility index (Phi) is 4.12. The van der Waals surface area contributed by atoms with Crippen molar-refractivity contribution >= 4 is 5.97 Å². The number of aliphatic hydroxyl groups excluding tert-OH is 1. The van der Waals surface area contributed by atoms with E-state index in [0.29, 0.717) is 11.3 Å². The molecule has 0 aliphatic carbocycles. The van der Waals surface area contributed by atoms with Gasteiger partial charge in [0.05, 0.1) is 13.2 Å². The van der Waals surface area contributed by atoms with Crippen LogP contribution >= 0.6 is 0 Å². The van der Waals surface area contributed by atoms with Gasteiger partial charge in [0.1, 0.15) is 5.75 Å². The van der Waals surface area contributed by atoms with Gasteiger partial charge in [-0.15, -0.1) is 0 Å². The molecule has 1 aromatic rings. The maximum Gasteiger partial charge on any atom is 0.303 e. The summed E-state index contributed by atoms with van der Waals surface area (Å²) in [6.45, 7) is 0. The van der Waals surface area contributed by atoms with Crippen molar-refractivity contribution in [2.24, 2.45) is 0 Å². The third kappa shape index (κ3) is 3.25. The molecular weight excluding hydrogens is 196 g/mol. The lowest BCUT2D eigenvalue weighted by Gasteiger charge is -2.13. The van der Waals surface area contributed by atoms with E-state index in [4.69, 9.17) is 9.84 Å². The molecule has 4 heteroatoms. The molecule has 0 aliphatic rings. The van der Waals surface area contributed by atoms with Gasteiger partial charge in [-0.1, -0.05) is 18.2 Å². The molecule has 82 valence electrons. The molecule has 2 N–H and O–H groups in total. The summed E-state index contributed by atoms with van der Waals surface area (Å²) >= 11 is 0. The highest BCUT2D eigenvalue weighted by Gasteiger charge is 2.13. The Balaban J connectivity index is 2.72. The van der Waals surface area contributed by atoms with E-state index in [1.165, 1.54) is 7.11 Å². The minimum Gasteiger partial charge on any atom is -0.496 e. The zero-order valence-electron chi connectivity index (χ0n) is 8.51. The Morgan fingerprint density at radius 1 is 1.47 bits per heavy atom. The smallest absolute Gasteiger partial charge is 0.303 e. The topological polar surface area (TPSA) is 66.8 Å². The normalized spacial score (nSPS) is 12.1. The maximum atomic E-state index is 10.3. The summed E-state index contributed by atoms with van der Waals surface area (Å²) in [6, 6.07) is 7.04. The van der Waals surface area contributed by atoms with Gasteiger partial charge in [-0.2, -0.15) is 0 Å². The van der Waals surface area contributed by atoms with Crippen molar-refractivity contribution in [3.63, 3.8) is 0 Å². The fourth-order valence-electron chi connectivity index (χ4n) is 1.36. The summed E-state index contributed by atoms with van der Waals surface area (Å²) < 4.78 is 5.07. The van der Waals surface area contributed by atoms with Gasteiger partial charge in [0.15, 0.2) is 0 Å². The molecule has 1 atom stereocenters. The first kappa shape index (κ1) is 11.5. The largest absolute Gasteiger partial charge is 0.496 e. The Morgan fingerprint density at radius 2 is 2.13 bits per heavy atom. The lowest BCUT2D eigenvalue weighted by atomic mass is 10.0. The van der Waals surface area contributed by atoms with Crippen LogP contribution in [0.25, 0.3) is 0 Å². The van der Waals surface area contributed by atoms with Gasteiger partial charge in [0.2, 0.25) is 0 Å². The number of aliphatic carboxylic acids is 1. The molecule has 15 heavy (non-hydrogen) atoms. The molecule has 4 nitrogen and oxygen atoms in total. The standard InChI is InChI=1S/C11H14O4/c1-15-10-5-3-2-4-8(10)9(12)6-7-11(13)14/h2-5,9,12H,6-7H2,1H3,(H,13,14). The van der Waals surface area contributed by atoms with Gasteiger partial charge in [-0.3, -0.25) is 4.79 Å². The summed E-state index contributed by atoms with van der Waals surface area (Å²) in [5.74, 6) is -0.334. The molecular formula is C11H14O4. The first-order valence-corrected chi connectivity index (χ1v) is 4.68. The summed E-state index contributed by atoms with van der Waals surface area (Å²) in [5.41, 5.74) is 0.626. The lowest BCUT2D eigenvalue weighted by molar-refractivity contribution is -0.137. The molecule has 0 aromatic heterocycles. The van der Waals surface area contributed by atoms with Crippen LogP contribution < -0.4 is 4.74 Å². The number of hydrogen-bond donors (Lipinski definition) is 2. The average molecular weight is 210 g/mol. The van der Waals surface area contributed by atoms with Gasteiger partial charge < -0.3 is 14.9 Å². The molecule has 1 unspecified atom stereocenters. The van der Waals surface area contributed by atoms with Crippen LogP contribution in [0.5, 0.6) is 5.75 Å². The predicted molar refractivity (Wildman–Crippen MR) is 54.8 cm³/mol. The maximum absolute atomic E-state index is 10.3. The number of hydrogen-bond acceptors (Lipinski definition) is 3. The van der Waals surface area contributed by atoms with E-state index >= 15 is 0 Å². The van der Waals surface area contributed by atoms with Crippen LogP contribution in [0.4, 0.5) is 0 Å². The number of para-hydroxylation sites is 1. The van der Waals surface area contributed by atoms with E-state index in [9.17, 15) is 9.90 Å². The number of aliphatic hydroxyl groups is 1. The highest BCUT2D eigenvalue weighted by atomic mass is 16.5. The quantitative estimate of drug-likeness (QED) is 0.774. The monoisotopic (exact) mass is 210 g/mol. The SMILES string of the molecule is COc1ccccc1C(O)CCC(=O)O. The van der Waals surface area contributed by atoms with E-state index in [2.05, 4.69) is 0 Å². The molecule has 0 fully saturated rings. The predicted octanol–water partition coefficient (Wildman–Crippen LogP) is 1.59. The lowest BCUT2D eigenvalue weighted by Crippen LogP contribution is -2.04. The highest BCUT2D eigenvalue weighted by molar-refractivity contribution is 5.66. The van der Waals surface area contributed by atoms with Crippen LogP contribution in [-0.2, 0) is 4.79 Å². The molecule has 0 spiro atoms. The highest BCUT2D eigenvalue weighted by Crippen LogP contribution is 2.27. The molecule has 1 rings (SSSR count). The van der Waals surface area contributed by atoms with Crippen LogP contribution in [0.3, 0.4) is 0 Å². The van der Waals surface area contributed by atoms with Crippen molar-refractivity contribution in [2.45, 2.75) is 18.9 Å². The van der Waals surface area contributed by atoms with Crippen molar-refractivity contribution in [3.05, 3.63) is 29.8 Å². The summed E-state index contributed by atoms with van der Waals surface area (Å²) in [4.78, 5) is 10.3. The Labute approximate surface area is 88.1 Å². The van der Waals surface area contributed by atoms with E-state index in [1.807, 2.05) is 0 Å². The van der Waals surface area contributed by atoms with Crippen molar-refractivity contribution in [1.82, 2.24) is 0 Å². The van der Waals surface area contributed by atoms with Crippen LogP contribution in [0.1, 0.15) is 24.5 Å². The molecule has 0 heterocycles. The summed E-state index contributed by atoms with van der Waals surface area (Å²) in [6.07, 6.45) is -0.660. The minimum atomic E-state index is -0.913. The number of benzene rings is 1. The van der Waals surface area contributed by atoms with E-state index < -0.39 is 12.1 Å². The third-order valence-electron chi connectivity index (χ3n) is 2.13. The Bertz CT molecular complexity index is 335. The van der Waals surface area contributed by atoms with Crippen molar-refractivity contribution < 1.29 is 19.7 Å². The van der Waals surface area contributed by atoms with Gasteiger partial charge in [-0.05, 0) is 12.5 Å². The van der Waals surface area contributed by atoms with Crippen LogP contribution in [0.15, 0.2) is 24.3 Å². The number of methoxy groups -OCH3 is 1. The molecule has 0 aliphatic heterocycles. The third-order valence-corrected chi connectivity index (χ3v) is 2.13. The van der Waals surface area contributed by atoms with Crippen LogP contribution in [-0.4, -0.2) is 23.3 Å². The fraction of sp³-hybridized carbons (Fsp3) is 0.364. The van der Waals surface area contributed by atoms with Gasteiger partial charge >= 0.3 is 5.97 Å². The number of carbonyl (C=O) groups is 1.